The minimum atomic E-state index is 0.380. The molecule has 1 fully saturated rings. The van der Waals surface area contributed by atoms with Crippen LogP contribution in [0.4, 0.5) is 5.13 Å². The van der Waals surface area contributed by atoms with Gasteiger partial charge in [0.25, 0.3) is 0 Å². The first-order valence-corrected chi connectivity index (χ1v) is 8.46. The maximum absolute atomic E-state index is 4.73. The van der Waals surface area contributed by atoms with Crippen molar-refractivity contribution in [1.29, 1.82) is 0 Å². The van der Waals surface area contributed by atoms with Crippen LogP contribution in [0.1, 0.15) is 41.5 Å². The normalized spacial score (nSPS) is 18.7. The molecule has 4 rings (SSSR count). The van der Waals surface area contributed by atoms with E-state index < -0.39 is 0 Å². The first-order valence-electron chi connectivity index (χ1n) is 7.64. The van der Waals surface area contributed by atoms with Crippen LogP contribution in [-0.2, 0) is 7.05 Å². The molecule has 22 heavy (non-hydrogen) atoms. The molecular formula is C15H20N6S. The Morgan fingerprint density at radius 2 is 2.05 bits per heavy atom. The van der Waals surface area contributed by atoms with Gasteiger partial charge in [-0.15, -0.1) is 5.10 Å². The number of nitrogens with zero attached hydrogens (tertiary/aromatic N) is 6. The third-order valence-electron chi connectivity index (χ3n) is 4.55. The van der Waals surface area contributed by atoms with E-state index in [1.54, 1.807) is 11.3 Å². The summed E-state index contributed by atoms with van der Waals surface area (Å²) in [4.78, 5) is 7.91. The van der Waals surface area contributed by atoms with Crippen LogP contribution in [0.15, 0.2) is 6.20 Å². The zero-order chi connectivity index (χ0) is 15.4. The maximum Gasteiger partial charge on any atom is 0.214 e. The van der Waals surface area contributed by atoms with Gasteiger partial charge in [-0.3, -0.25) is 4.68 Å². The predicted octanol–water partition coefficient (Wildman–Crippen LogP) is 2.79. The van der Waals surface area contributed by atoms with E-state index in [1.807, 2.05) is 29.4 Å². The fourth-order valence-electron chi connectivity index (χ4n) is 3.48. The lowest BCUT2D eigenvalue weighted by Gasteiger charge is -2.24. The molecule has 1 saturated heterocycles. The standard InChI is InChI=1S/C15H20N6S/c1-9-8-21-14(16-9)22-15(18-21)20-7-5-6-12(20)13-10(2)17-19(4)11(13)3/h8,12H,5-7H2,1-4H3/t12-/m0/s1. The third-order valence-corrected chi connectivity index (χ3v) is 5.51. The first-order chi connectivity index (χ1) is 10.5. The Bertz CT molecular complexity index is 810. The van der Waals surface area contributed by atoms with Gasteiger partial charge >= 0.3 is 0 Å². The van der Waals surface area contributed by atoms with Crippen LogP contribution < -0.4 is 4.90 Å². The number of hydrogen-bond donors (Lipinski definition) is 0. The van der Waals surface area contributed by atoms with E-state index in [0.29, 0.717) is 6.04 Å². The number of anilines is 1. The molecular weight excluding hydrogens is 296 g/mol. The summed E-state index contributed by atoms with van der Waals surface area (Å²) in [6, 6.07) is 0.380. The molecule has 4 heterocycles. The highest BCUT2D eigenvalue weighted by molar-refractivity contribution is 7.20. The zero-order valence-electron chi connectivity index (χ0n) is 13.4. The largest absolute Gasteiger partial charge is 0.339 e. The fourth-order valence-corrected chi connectivity index (χ4v) is 4.49. The molecule has 0 saturated carbocycles. The van der Waals surface area contributed by atoms with Crippen LogP contribution in [0.2, 0.25) is 0 Å². The summed E-state index contributed by atoms with van der Waals surface area (Å²) in [6.45, 7) is 7.32. The lowest BCUT2D eigenvalue weighted by Crippen LogP contribution is -2.23. The molecule has 0 unspecified atom stereocenters. The van der Waals surface area contributed by atoms with Crippen molar-refractivity contribution in [2.24, 2.45) is 7.05 Å². The molecule has 0 aliphatic carbocycles. The van der Waals surface area contributed by atoms with Crippen molar-refractivity contribution in [1.82, 2.24) is 24.4 Å². The third kappa shape index (κ3) is 1.95. The highest BCUT2D eigenvalue weighted by atomic mass is 32.1. The molecule has 1 atom stereocenters. The molecule has 0 aromatic carbocycles. The Morgan fingerprint density at radius 3 is 2.73 bits per heavy atom. The summed E-state index contributed by atoms with van der Waals surface area (Å²) in [6.07, 6.45) is 4.34. The molecule has 0 spiro atoms. The Morgan fingerprint density at radius 1 is 1.23 bits per heavy atom. The lowest BCUT2D eigenvalue weighted by molar-refractivity contribution is 0.693. The Hall–Kier alpha value is -1.89. The average Bonchev–Trinajstić information content (AvgIpc) is 3.15. The average molecular weight is 316 g/mol. The van der Waals surface area contributed by atoms with Crippen molar-refractivity contribution in [2.45, 2.75) is 39.7 Å². The topological polar surface area (TPSA) is 51.2 Å². The number of imidazole rings is 1. The second-order valence-corrected chi connectivity index (χ2v) is 6.99. The Kier molecular flexibility index (Phi) is 3.00. The van der Waals surface area contributed by atoms with Crippen LogP contribution >= 0.6 is 11.3 Å². The molecule has 6 nitrogen and oxygen atoms in total. The maximum atomic E-state index is 4.73. The summed E-state index contributed by atoms with van der Waals surface area (Å²) in [7, 11) is 2.02. The van der Waals surface area contributed by atoms with Gasteiger partial charge in [0.05, 0.1) is 23.6 Å². The lowest BCUT2D eigenvalue weighted by atomic mass is 10.0. The van der Waals surface area contributed by atoms with Crippen LogP contribution in [0.5, 0.6) is 0 Å². The van der Waals surface area contributed by atoms with Gasteiger partial charge in [0, 0.05) is 24.8 Å². The molecule has 0 radical (unpaired) electrons. The summed E-state index contributed by atoms with van der Waals surface area (Å²) in [5.41, 5.74) is 4.77. The van der Waals surface area contributed by atoms with Gasteiger partial charge in [-0.25, -0.2) is 9.50 Å². The molecule has 3 aromatic heterocycles. The van der Waals surface area contributed by atoms with Crippen molar-refractivity contribution in [2.75, 3.05) is 11.4 Å². The van der Waals surface area contributed by atoms with Crippen molar-refractivity contribution >= 4 is 21.4 Å². The summed E-state index contributed by atoms with van der Waals surface area (Å²) >= 11 is 1.67. The summed E-state index contributed by atoms with van der Waals surface area (Å²) < 4.78 is 3.88. The number of hydrogen-bond acceptors (Lipinski definition) is 5. The smallest absolute Gasteiger partial charge is 0.214 e. The van der Waals surface area contributed by atoms with Crippen molar-refractivity contribution < 1.29 is 0 Å². The second-order valence-electron chi connectivity index (χ2n) is 6.05. The monoisotopic (exact) mass is 316 g/mol. The number of rotatable bonds is 2. The van der Waals surface area contributed by atoms with Gasteiger partial charge in [0.15, 0.2) is 0 Å². The van der Waals surface area contributed by atoms with E-state index in [-0.39, 0.29) is 0 Å². The highest BCUT2D eigenvalue weighted by Crippen LogP contribution is 2.40. The Labute approximate surface area is 133 Å². The SMILES string of the molecule is Cc1cn2nc(N3CCC[C@H]3c3c(C)nn(C)c3C)sc2n1. The minimum absolute atomic E-state index is 0.380. The van der Waals surface area contributed by atoms with Crippen LogP contribution in [0, 0.1) is 20.8 Å². The number of aryl methyl sites for hydroxylation is 3. The van der Waals surface area contributed by atoms with Crippen molar-refractivity contribution in [3.8, 4) is 0 Å². The fraction of sp³-hybridized carbons (Fsp3) is 0.533. The minimum Gasteiger partial charge on any atom is -0.339 e. The predicted molar refractivity (Wildman–Crippen MR) is 87.6 cm³/mol. The molecule has 1 aliphatic rings. The molecule has 0 N–H and O–H groups in total. The van der Waals surface area contributed by atoms with Gasteiger partial charge in [0.2, 0.25) is 10.1 Å². The van der Waals surface area contributed by atoms with Crippen LogP contribution in [0.3, 0.4) is 0 Å². The van der Waals surface area contributed by atoms with E-state index in [2.05, 4.69) is 28.8 Å². The summed E-state index contributed by atoms with van der Waals surface area (Å²) in [5, 5.41) is 10.4. The molecule has 0 bridgehead atoms. The zero-order valence-corrected chi connectivity index (χ0v) is 14.2. The molecule has 1 aliphatic heterocycles. The number of aromatic nitrogens is 5. The van der Waals surface area contributed by atoms with Gasteiger partial charge < -0.3 is 4.90 Å². The number of fused-ring (bicyclic) bond motifs is 1. The molecule has 116 valence electrons. The van der Waals surface area contributed by atoms with Crippen LogP contribution in [0.25, 0.3) is 4.96 Å². The van der Waals surface area contributed by atoms with Gasteiger partial charge in [-0.1, -0.05) is 11.3 Å². The quantitative estimate of drug-likeness (QED) is 0.729. The van der Waals surface area contributed by atoms with E-state index in [9.17, 15) is 0 Å². The second kappa shape index (κ2) is 4.81. The Balaban J connectivity index is 1.75. The van der Waals surface area contributed by atoms with Crippen molar-refractivity contribution in [3.05, 3.63) is 28.8 Å². The van der Waals surface area contributed by atoms with Crippen molar-refractivity contribution in [3.63, 3.8) is 0 Å². The molecule has 0 amide bonds. The van der Waals surface area contributed by atoms with E-state index in [4.69, 9.17) is 5.10 Å². The van der Waals surface area contributed by atoms with Gasteiger partial charge in [0.1, 0.15) is 0 Å². The highest BCUT2D eigenvalue weighted by Gasteiger charge is 2.32. The van der Waals surface area contributed by atoms with Crippen LogP contribution in [-0.4, -0.2) is 30.9 Å². The molecule has 7 heteroatoms. The molecule has 3 aromatic rings. The van der Waals surface area contributed by atoms with E-state index in [1.165, 1.54) is 17.7 Å². The van der Waals surface area contributed by atoms with Gasteiger partial charge in [-0.05, 0) is 33.6 Å². The van der Waals surface area contributed by atoms with Gasteiger partial charge in [-0.2, -0.15) is 5.10 Å². The first kappa shape index (κ1) is 13.8. The summed E-state index contributed by atoms with van der Waals surface area (Å²) in [5.74, 6) is 0. The van der Waals surface area contributed by atoms with E-state index >= 15 is 0 Å². The van der Waals surface area contributed by atoms with E-state index in [0.717, 1.165) is 34.4 Å².